The molecule has 0 aromatic heterocycles. The van der Waals surface area contributed by atoms with Gasteiger partial charge in [0.25, 0.3) is 0 Å². The predicted molar refractivity (Wildman–Crippen MR) is 48.1 cm³/mol. The quantitative estimate of drug-likeness (QED) is 0.492. The Balaban J connectivity index is 3.28. The van der Waals surface area contributed by atoms with Crippen LogP contribution in [0.4, 0.5) is 4.79 Å². The van der Waals surface area contributed by atoms with Crippen molar-refractivity contribution in [2.75, 3.05) is 11.5 Å². The second kappa shape index (κ2) is 6.09. The minimum absolute atomic E-state index is 0.0115. The van der Waals surface area contributed by atoms with Crippen LogP contribution in [0.3, 0.4) is 0 Å². The molecule has 0 saturated heterocycles. The van der Waals surface area contributed by atoms with Crippen LogP contribution in [-0.2, 0) is 0 Å². The number of hydrogen-bond donors (Lipinski definition) is 2. The molecular formula is C7H13NO2S. The van der Waals surface area contributed by atoms with Gasteiger partial charge >= 0.3 is 6.09 Å². The van der Waals surface area contributed by atoms with Crippen molar-refractivity contribution in [1.29, 1.82) is 0 Å². The molecule has 3 nitrogen and oxygen atoms in total. The minimum Gasteiger partial charge on any atom is -0.465 e. The number of carboxylic acid groups (broad SMARTS) is 1. The molecule has 0 rings (SSSR count). The van der Waals surface area contributed by atoms with Gasteiger partial charge < -0.3 is 10.4 Å². The number of carbonyl (C=O) groups is 1. The van der Waals surface area contributed by atoms with Gasteiger partial charge in [0.1, 0.15) is 0 Å². The highest BCUT2D eigenvalue weighted by molar-refractivity contribution is 7.99. The smallest absolute Gasteiger partial charge is 0.404 e. The van der Waals surface area contributed by atoms with E-state index >= 15 is 0 Å². The van der Waals surface area contributed by atoms with Crippen LogP contribution in [0.25, 0.3) is 0 Å². The summed E-state index contributed by atoms with van der Waals surface area (Å²) in [5.41, 5.74) is 0. The fourth-order valence-corrected chi connectivity index (χ4v) is 1.32. The summed E-state index contributed by atoms with van der Waals surface area (Å²) >= 11 is 1.66. The van der Waals surface area contributed by atoms with Crippen molar-refractivity contribution in [3.05, 3.63) is 12.7 Å². The summed E-state index contributed by atoms with van der Waals surface area (Å²) < 4.78 is 0. The van der Waals surface area contributed by atoms with Crippen molar-refractivity contribution in [1.82, 2.24) is 5.32 Å². The number of amides is 1. The lowest BCUT2D eigenvalue weighted by molar-refractivity contribution is 0.192. The van der Waals surface area contributed by atoms with Gasteiger partial charge in [-0.3, -0.25) is 0 Å². The molecule has 11 heavy (non-hydrogen) atoms. The minimum atomic E-state index is -0.961. The van der Waals surface area contributed by atoms with Gasteiger partial charge in [-0.2, -0.15) is 11.8 Å². The van der Waals surface area contributed by atoms with Crippen molar-refractivity contribution in [3.8, 4) is 0 Å². The monoisotopic (exact) mass is 175 g/mol. The Morgan fingerprint density at radius 2 is 2.55 bits per heavy atom. The zero-order valence-electron chi connectivity index (χ0n) is 6.54. The highest BCUT2D eigenvalue weighted by atomic mass is 32.2. The molecule has 0 aliphatic heterocycles. The highest BCUT2D eigenvalue weighted by Crippen LogP contribution is 2.01. The molecule has 4 heteroatoms. The summed E-state index contributed by atoms with van der Waals surface area (Å²) in [7, 11) is 0. The van der Waals surface area contributed by atoms with Crippen LogP contribution < -0.4 is 5.32 Å². The van der Waals surface area contributed by atoms with Crippen molar-refractivity contribution < 1.29 is 9.90 Å². The lowest BCUT2D eigenvalue weighted by atomic mass is 10.4. The Labute approximate surface area is 70.9 Å². The molecule has 0 saturated carbocycles. The molecule has 1 atom stereocenters. The van der Waals surface area contributed by atoms with Crippen molar-refractivity contribution in [2.24, 2.45) is 0 Å². The van der Waals surface area contributed by atoms with Gasteiger partial charge in [0.05, 0.1) is 0 Å². The average molecular weight is 175 g/mol. The van der Waals surface area contributed by atoms with Gasteiger partial charge in [0.15, 0.2) is 0 Å². The molecule has 0 radical (unpaired) electrons. The lowest BCUT2D eigenvalue weighted by Gasteiger charge is -2.08. The van der Waals surface area contributed by atoms with Gasteiger partial charge in [-0.1, -0.05) is 6.08 Å². The molecule has 0 fully saturated rings. The van der Waals surface area contributed by atoms with Crippen LogP contribution >= 0.6 is 11.8 Å². The lowest BCUT2D eigenvalue weighted by Crippen LogP contribution is -2.32. The van der Waals surface area contributed by atoms with Crippen LogP contribution in [0.5, 0.6) is 0 Å². The van der Waals surface area contributed by atoms with E-state index in [2.05, 4.69) is 11.9 Å². The first kappa shape index (κ1) is 10.4. The summed E-state index contributed by atoms with van der Waals surface area (Å²) in [4.78, 5) is 10.1. The molecule has 0 aromatic rings. The van der Waals surface area contributed by atoms with Crippen molar-refractivity contribution in [3.63, 3.8) is 0 Å². The molecular weight excluding hydrogens is 162 g/mol. The Morgan fingerprint density at radius 3 is 3.00 bits per heavy atom. The van der Waals surface area contributed by atoms with Crippen LogP contribution in [0, 0.1) is 0 Å². The summed E-state index contributed by atoms with van der Waals surface area (Å²) in [5.74, 6) is 1.66. The average Bonchev–Trinajstić information content (AvgIpc) is 1.86. The van der Waals surface area contributed by atoms with Crippen LogP contribution in [0.15, 0.2) is 12.7 Å². The number of rotatable bonds is 5. The third kappa shape index (κ3) is 7.25. The first-order valence-corrected chi connectivity index (χ1v) is 4.50. The maximum absolute atomic E-state index is 10.1. The zero-order valence-corrected chi connectivity index (χ0v) is 7.36. The summed E-state index contributed by atoms with van der Waals surface area (Å²) in [6.07, 6.45) is 0.842. The maximum atomic E-state index is 10.1. The van der Waals surface area contributed by atoms with E-state index in [-0.39, 0.29) is 6.04 Å². The fraction of sp³-hybridized carbons (Fsp3) is 0.571. The number of thioether (sulfide) groups is 1. The second-order valence-electron chi connectivity index (χ2n) is 2.18. The summed E-state index contributed by atoms with van der Waals surface area (Å²) in [6.45, 7) is 5.40. The van der Waals surface area contributed by atoms with Crippen LogP contribution in [0.1, 0.15) is 6.92 Å². The van der Waals surface area contributed by atoms with Gasteiger partial charge in [-0.15, -0.1) is 6.58 Å². The molecule has 0 spiro atoms. The highest BCUT2D eigenvalue weighted by Gasteiger charge is 2.03. The van der Waals surface area contributed by atoms with Crippen molar-refractivity contribution >= 4 is 17.9 Å². The predicted octanol–water partition coefficient (Wildman–Crippen LogP) is 1.56. The maximum Gasteiger partial charge on any atom is 0.404 e. The third-order valence-corrected chi connectivity index (χ3v) is 2.18. The molecule has 0 heterocycles. The Hall–Kier alpha value is -0.640. The van der Waals surface area contributed by atoms with Gasteiger partial charge in [0, 0.05) is 17.5 Å². The van der Waals surface area contributed by atoms with Gasteiger partial charge in [0.2, 0.25) is 0 Å². The van der Waals surface area contributed by atoms with E-state index in [0.29, 0.717) is 0 Å². The van der Waals surface area contributed by atoms with E-state index in [4.69, 9.17) is 5.11 Å². The second-order valence-corrected chi connectivity index (χ2v) is 3.25. The molecule has 0 bridgehead atoms. The topological polar surface area (TPSA) is 49.3 Å². The zero-order chi connectivity index (χ0) is 8.69. The largest absolute Gasteiger partial charge is 0.465 e. The molecule has 1 amide bonds. The SMILES string of the molecule is C=CCSCC(C)NC(=O)O. The molecule has 0 aliphatic rings. The van der Waals surface area contributed by atoms with E-state index < -0.39 is 6.09 Å². The Bertz CT molecular complexity index is 138. The molecule has 0 aromatic carbocycles. The van der Waals surface area contributed by atoms with Crippen LogP contribution in [-0.4, -0.2) is 28.7 Å². The van der Waals surface area contributed by atoms with E-state index in [1.165, 1.54) is 0 Å². The number of nitrogens with one attached hydrogen (secondary N) is 1. The molecule has 2 N–H and O–H groups in total. The van der Waals surface area contributed by atoms with E-state index in [9.17, 15) is 4.79 Å². The molecule has 64 valence electrons. The van der Waals surface area contributed by atoms with Gasteiger partial charge in [-0.05, 0) is 6.92 Å². The van der Waals surface area contributed by atoms with E-state index in [1.54, 1.807) is 17.8 Å². The summed E-state index contributed by atoms with van der Waals surface area (Å²) in [6, 6.07) is 0.0115. The van der Waals surface area contributed by atoms with Crippen molar-refractivity contribution in [2.45, 2.75) is 13.0 Å². The Kier molecular flexibility index (Phi) is 5.74. The fourth-order valence-electron chi connectivity index (χ4n) is 0.581. The Morgan fingerprint density at radius 1 is 1.91 bits per heavy atom. The number of hydrogen-bond acceptors (Lipinski definition) is 2. The first-order valence-electron chi connectivity index (χ1n) is 3.35. The summed E-state index contributed by atoms with van der Waals surface area (Å²) in [5, 5.41) is 10.7. The van der Waals surface area contributed by atoms with E-state index in [0.717, 1.165) is 11.5 Å². The third-order valence-electron chi connectivity index (χ3n) is 0.973. The standard InChI is InChI=1S/C7H13NO2S/c1-3-4-11-5-6(2)8-7(9)10/h3,6,8H,1,4-5H2,2H3,(H,9,10). The van der Waals surface area contributed by atoms with Crippen LogP contribution in [0.2, 0.25) is 0 Å². The molecule has 1 unspecified atom stereocenters. The van der Waals surface area contributed by atoms with E-state index in [1.807, 2.05) is 6.92 Å². The first-order chi connectivity index (χ1) is 5.16. The molecule has 0 aliphatic carbocycles. The normalized spacial score (nSPS) is 12.1. The van der Waals surface area contributed by atoms with Gasteiger partial charge in [-0.25, -0.2) is 4.79 Å².